The van der Waals surface area contributed by atoms with Crippen molar-refractivity contribution >= 4 is 20.0 Å². The van der Waals surface area contributed by atoms with Crippen LogP contribution in [0.3, 0.4) is 0 Å². The molecule has 0 radical (unpaired) electrons. The second-order valence-corrected chi connectivity index (χ2v) is 16.1. The fraction of sp³-hybridized carbons (Fsp3) is 0.593. The lowest BCUT2D eigenvalue weighted by Crippen LogP contribution is -2.52. The summed E-state index contributed by atoms with van der Waals surface area (Å²) in [5.74, 6) is -0.165. The number of carbonyl (C=O) groups is 1. The van der Waals surface area contributed by atoms with Crippen molar-refractivity contribution in [3.63, 3.8) is 0 Å². The molecule has 1 N–H and O–H groups in total. The molecular weight excluding hydrogens is 504 g/mol. The monoisotopic (exact) mass is 544 g/mol. The molecular formula is C27H40N4O6Si. The van der Waals surface area contributed by atoms with Crippen LogP contribution in [0.1, 0.15) is 37.4 Å². The molecule has 2 aliphatic heterocycles. The van der Waals surface area contributed by atoms with Crippen molar-refractivity contribution in [2.45, 2.75) is 63.4 Å². The van der Waals surface area contributed by atoms with Crippen molar-refractivity contribution in [1.82, 2.24) is 14.5 Å². The molecule has 1 aromatic carbocycles. The van der Waals surface area contributed by atoms with Gasteiger partial charge in [-0.3, -0.25) is 14.3 Å². The summed E-state index contributed by atoms with van der Waals surface area (Å²) in [6.45, 7) is 14.6. The minimum atomic E-state index is -2.19. The van der Waals surface area contributed by atoms with E-state index in [1.54, 1.807) is 43.6 Å². The Bertz CT molecular complexity index is 1150. The summed E-state index contributed by atoms with van der Waals surface area (Å²) in [6.07, 6.45) is -0.314. The van der Waals surface area contributed by atoms with Gasteiger partial charge >= 0.3 is 5.69 Å². The SMILES string of the molecule is CO[C@H]1C(O[Si](C)(C)C(C)(C)C)[C@@H](CN2CCOCC2)O[C@H]1n1ccc(NC(=O)c2ccccc2)nc1=O. The van der Waals surface area contributed by atoms with Crippen molar-refractivity contribution in [3.8, 4) is 0 Å². The first kappa shape index (κ1) is 28.6. The fourth-order valence-corrected chi connectivity index (χ4v) is 5.80. The summed E-state index contributed by atoms with van der Waals surface area (Å²) in [5.41, 5.74) is -0.0605. The number of hydrogen-bond donors (Lipinski definition) is 1. The predicted molar refractivity (Wildman–Crippen MR) is 147 cm³/mol. The summed E-state index contributed by atoms with van der Waals surface area (Å²) < 4.78 is 26.3. The minimum absolute atomic E-state index is 0.0100. The van der Waals surface area contributed by atoms with Crippen LogP contribution < -0.4 is 11.0 Å². The van der Waals surface area contributed by atoms with E-state index in [1.165, 1.54) is 4.57 Å². The van der Waals surface area contributed by atoms with Gasteiger partial charge in [-0.2, -0.15) is 4.98 Å². The third-order valence-electron chi connectivity index (χ3n) is 7.72. The average molecular weight is 545 g/mol. The first-order chi connectivity index (χ1) is 18.0. The zero-order valence-electron chi connectivity index (χ0n) is 23.2. The van der Waals surface area contributed by atoms with Crippen molar-refractivity contribution in [1.29, 1.82) is 0 Å². The summed E-state index contributed by atoms with van der Waals surface area (Å²) >= 11 is 0. The lowest BCUT2D eigenvalue weighted by Gasteiger charge is -2.41. The Morgan fingerprint density at radius 3 is 2.42 bits per heavy atom. The van der Waals surface area contributed by atoms with Gasteiger partial charge in [-0.05, 0) is 36.3 Å². The average Bonchev–Trinajstić information content (AvgIpc) is 3.20. The third-order valence-corrected chi connectivity index (χ3v) is 12.2. The lowest BCUT2D eigenvalue weighted by atomic mass is 10.1. The van der Waals surface area contributed by atoms with Gasteiger partial charge in [0, 0.05) is 38.5 Å². The zero-order valence-corrected chi connectivity index (χ0v) is 24.2. The van der Waals surface area contributed by atoms with Crippen LogP contribution in [-0.2, 0) is 18.6 Å². The quantitative estimate of drug-likeness (QED) is 0.506. The molecule has 4 atom stereocenters. The maximum absolute atomic E-state index is 13.2. The number of morpholine rings is 1. The summed E-state index contributed by atoms with van der Waals surface area (Å²) in [4.78, 5) is 32.1. The van der Waals surface area contributed by atoms with Crippen LogP contribution in [0.4, 0.5) is 5.82 Å². The van der Waals surface area contributed by atoms with Crippen molar-refractivity contribution in [3.05, 3.63) is 58.6 Å². The second-order valence-electron chi connectivity index (χ2n) is 11.3. The van der Waals surface area contributed by atoms with Gasteiger partial charge in [0.05, 0.1) is 13.2 Å². The number of nitrogens with zero attached hydrogens (tertiary/aromatic N) is 3. The molecule has 1 amide bonds. The van der Waals surface area contributed by atoms with Gasteiger partial charge < -0.3 is 24.0 Å². The predicted octanol–water partition coefficient (Wildman–Crippen LogP) is 3.13. The zero-order chi connectivity index (χ0) is 27.5. The summed E-state index contributed by atoms with van der Waals surface area (Å²) in [7, 11) is -0.575. The van der Waals surface area contributed by atoms with Gasteiger partial charge in [0.1, 0.15) is 24.1 Å². The number of hydrogen-bond acceptors (Lipinski definition) is 8. The van der Waals surface area contributed by atoms with E-state index >= 15 is 0 Å². The van der Waals surface area contributed by atoms with E-state index in [0.717, 1.165) is 13.1 Å². The van der Waals surface area contributed by atoms with Crippen molar-refractivity contribution in [2.24, 2.45) is 0 Å². The Morgan fingerprint density at radius 2 is 1.82 bits per heavy atom. The summed E-state index contributed by atoms with van der Waals surface area (Å²) in [6, 6.07) is 10.4. The normalized spacial score (nSPS) is 24.9. The second kappa shape index (κ2) is 11.8. The minimum Gasteiger partial charge on any atom is -0.408 e. The van der Waals surface area contributed by atoms with Gasteiger partial charge in [0.25, 0.3) is 5.91 Å². The molecule has 208 valence electrons. The van der Waals surface area contributed by atoms with E-state index < -0.39 is 26.3 Å². The molecule has 3 heterocycles. The van der Waals surface area contributed by atoms with Gasteiger partial charge in [-0.25, -0.2) is 4.79 Å². The number of carbonyl (C=O) groups excluding carboxylic acids is 1. The molecule has 2 aromatic rings. The highest BCUT2D eigenvalue weighted by Crippen LogP contribution is 2.42. The first-order valence-corrected chi connectivity index (χ1v) is 16.0. The van der Waals surface area contributed by atoms with Crippen LogP contribution in [-0.4, -0.2) is 86.9 Å². The van der Waals surface area contributed by atoms with E-state index in [1.807, 2.05) is 6.07 Å². The molecule has 2 aliphatic rings. The van der Waals surface area contributed by atoms with Crippen LogP contribution >= 0.6 is 0 Å². The maximum Gasteiger partial charge on any atom is 0.351 e. The van der Waals surface area contributed by atoms with Crippen molar-refractivity contribution < 1.29 is 23.4 Å². The fourth-order valence-electron chi connectivity index (χ4n) is 4.48. The summed E-state index contributed by atoms with van der Waals surface area (Å²) in [5, 5.41) is 2.68. The van der Waals surface area contributed by atoms with Crippen LogP contribution in [0.25, 0.3) is 0 Å². The van der Waals surface area contributed by atoms with Gasteiger partial charge in [-0.15, -0.1) is 0 Å². The molecule has 0 saturated carbocycles. The van der Waals surface area contributed by atoms with E-state index in [0.29, 0.717) is 25.3 Å². The molecule has 1 unspecified atom stereocenters. The van der Waals surface area contributed by atoms with Gasteiger partial charge in [-0.1, -0.05) is 39.0 Å². The molecule has 0 spiro atoms. The molecule has 0 bridgehead atoms. The molecule has 4 rings (SSSR count). The van der Waals surface area contributed by atoms with Crippen LogP contribution in [0.5, 0.6) is 0 Å². The molecule has 0 aliphatic carbocycles. The number of rotatable bonds is 8. The number of nitrogens with one attached hydrogen (secondary N) is 1. The van der Waals surface area contributed by atoms with Crippen molar-refractivity contribution in [2.75, 3.05) is 45.3 Å². The molecule has 10 nitrogen and oxygen atoms in total. The Kier molecular flexibility index (Phi) is 8.85. The number of methoxy groups -OCH3 is 1. The Labute approximate surface area is 225 Å². The number of benzene rings is 1. The van der Waals surface area contributed by atoms with Crippen LogP contribution in [0.2, 0.25) is 18.1 Å². The number of aromatic nitrogens is 2. The van der Waals surface area contributed by atoms with Gasteiger partial charge in [0.2, 0.25) is 0 Å². The molecule has 1 aromatic heterocycles. The molecule has 38 heavy (non-hydrogen) atoms. The van der Waals surface area contributed by atoms with E-state index in [9.17, 15) is 9.59 Å². The standard InChI is InChI=1S/C27H40N4O6Si/c1-27(2,3)38(5,6)37-22-20(18-30-14-16-35-17-15-30)36-25(23(22)34-4)31-13-12-21(29-26(31)33)28-24(32)19-10-8-7-9-11-19/h7-13,20,22-23,25H,14-18H2,1-6H3,(H,28,29,32,33)/t20-,22?,23+,25-/m1/s1. The molecule has 11 heteroatoms. The van der Waals surface area contributed by atoms with Crippen LogP contribution in [0.15, 0.2) is 47.4 Å². The maximum atomic E-state index is 13.2. The number of ether oxygens (including phenoxy) is 3. The van der Waals surface area contributed by atoms with Crippen LogP contribution in [0, 0.1) is 0 Å². The lowest BCUT2D eigenvalue weighted by molar-refractivity contribution is -0.0640. The Hall–Kier alpha value is -2.41. The Morgan fingerprint density at radius 1 is 1.13 bits per heavy atom. The number of amides is 1. The first-order valence-electron chi connectivity index (χ1n) is 13.1. The molecule has 2 fully saturated rings. The Balaban J connectivity index is 1.58. The highest BCUT2D eigenvalue weighted by molar-refractivity contribution is 6.74. The molecule has 2 saturated heterocycles. The largest absolute Gasteiger partial charge is 0.408 e. The third kappa shape index (κ3) is 6.41. The number of anilines is 1. The highest BCUT2D eigenvalue weighted by Gasteiger charge is 2.51. The smallest absolute Gasteiger partial charge is 0.351 e. The van der Waals surface area contributed by atoms with Gasteiger partial charge in [0.15, 0.2) is 14.5 Å². The van der Waals surface area contributed by atoms with E-state index in [4.69, 9.17) is 18.6 Å². The van der Waals surface area contributed by atoms with E-state index in [-0.39, 0.29) is 29.0 Å². The van der Waals surface area contributed by atoms with E-state index in [2.05, 4.69) is 49.1 Å². The topological polar surface area (TPSA) is 104 Å². The highest BCUT2D eigenvalue weighted by atomic mass is 28.4.